The minimum absolute atomic E-state index is 0.129. The number of hydrogen-bond acceptors (Lipinski definition) is 7. The molecule has 1 spiro atoms. The van der Waals surface area contributed by atoms with Gasteiger partial charge in [-0.05, 0) is 42.8 Å². The molecule has 0 radical (unpaired) electrons. The van der Waals surface area contributed by atoms with Gasteiger partial charge in [-0.15, -0.1) is 11.3 Å². The minimum atomic E-state index is -0.985. The number of fused-ring (bicyclic) bond motifs is 1. The Kier molecular flexibility index (Phi) is 6.12. The largest absolute Gasteiger partial charge is 0.481 e. The molecule has 168 valence electrons. The number of thiophene rings is 1. The predicted octanol–water partition coefficient (Wildman–Crippen LogP) is 3.36. The summed E-state index contributed by atoms with van der Waals surface area (Å²) in [5, 5.41) is 30.0. The zero-order valence-corrected chi connectivity index (χ0v) is 17.9. The van der Waals surface area contributed by atoms with Crippen LogP contribution in [0.5, 0.6) is 0 Å². The van der Waals surface area contributed by atoms with Gasteiger partial charge in [-0.1, -0.05) is 18.2 Å². The highest BCUT2D eigenvalue weighted by molar-refractivity contribution is 7.11. The van der Waals surface area contributed by atoms with Crippen molar-refractivity contribution in [3.05, 3.63) is 52.2 Å². The molecule has 3 aliphatic rings. The van der Waals surface area contributed by atoms with Gasteiger partial charge in [0.15, 0.2) is 0 Å². The molecule has 5 unspecified atom stereocenters. The molecule has 5 atom stereocenters. The number of aliphatic carboxylic acids is 1. The third-order valence-corrected chi connectivity index (χ3v) is 7.36. The molecule has 8 nitrogen and oxygen atoms in total. The molecule has 2 bridgehead atoms. The summed E-state index contributed by atoms with van der Waals surface area (Å²) in [6.45, 7) is 0. The van der Waals surface area contributed by atoms with Gasteiger partial charge >= 0.3 is 17.9 Å². The molecule has 3 fully saturated rings. The predicted molar refractivity (Wildman–Crippen MR) is 116 cm³/mol. The molecule has 0 amide bonds. The highest BCUT2D eigenvalue weighted by atomic mass is 32.1. The number of carboxylic acids is 2. The second-order valence-electron chi connectivity index (χ2n) is 8.25. The first kappa shape index (κ1) is 22.2. The minimum Gasteiger partial charge on any atom is -0.481 e. The molecule has 2 heterocycles. The lowest BCUT2D eigenvalue weighted by Crippen LogP contribution is -2.43. The van der Waals surface area contributed by atoms with Gasteiger partial charge in [0.05, 0.1) is 28.7 Å². The van der Waals surface area contributed by atoms with Crippen LogP contribution in [0.15, 0.2) is 46.8 Å². The summed E-state index contributed by atoms with van der Waals surface area (Å²) >= 11 is 1.56. The van der Waals surface area contributed by atoms with Gasteiger partial charge in [0.25, 0.3) is 0 Å². The molecule has 2 aliphatic carbocycles. The third-order valence-electron chi connectivity index (χ3n) is 6.55. The number of carbonyl (C=O) groups is 3. The Balaban J connectivity index is 0.000000153. The monoisotopic (exact) mass is 457 g/mol. The van der Waals surface area contributed by atoms with Gasteiger partial charge in [0.2, 0.25) is 0 Å². The van der Waals surface area contributed by atoms with Crippen LogP contribution < -0.4 is 0 Å². The lowest BCUT2D eigenvalue weighted by Gasteiger charge is -2.34. The molecule has 3 N–H and O–H groups in total. The highest BCUT2D eigenvalue weighted by Gasteiger charge is 2.68. The van der Waals surface area contributed by atoms with Crippen molar-refractivity contribution in [2.24, 2.45) is 22.2 Å². The molecule has 9 heteroatoms. The average Bonchev–Trinajstić information content (AvgIpc) is 3.45. The molecule has 32 heavy (non-hydrogen) atoms. The highest BCUT2D eigenvalue weighted by Crippen LogP contribution is 2.60. The maximum absolute atomic E-state index is 11.9. The van der Waals surface area contributed by atoms with Crippen molar-refractivity contribution in [3.8, 4) is 0 Å². The Hall–Kier alpha value is -3.04. The second kappa shape index (κ2) is 8.84. The number of para-hydroxylation sites is 1. The number of ether oxygens (including phenoxy) is 1. The van der Waals surface area contributed by atoms with E-state index < -0.39 is 35.3 Å². The Bertz CT molecular complexity index is 1050. The summed E-state index contributed by atoms with van der Waals surface area (Å²) in [6, 6.07) is 10.5. The van der Waals surface area contributed by atoms with Crippen LogP contribution in [0.25, 0.3) is 0 Å². The van der Waals surface area contributed by atoms with Gasteiger partial charge in [-0.3, -0.25) is 14.6 Å². The van der Waals surface area contributed by atoms with Crippen LogP contribution >= 0.6 is 11.3 Å². The summed E-state index contributed by atoms with van der Waals surface area (Å²) in [6.07, 6.45) is 2.98. The Morgan fingerprint density at radius 1 is 1.16 bits per heavy atom. The molecule has 1 aliphatic heterocycles. The van der Waals surface area contributed by atoms with Crippen molar-refractivity contribution < 1.29 is 34.4 Å². The van der Waals surface area contributed by atoms with E-state index in [0.29, 0.717) is 18.5 Å². The smallest absolute Gasteiger partial charge is 0.337 e. The van der Waals surface area contributed by atoms with Gasteiger partial charge in [-0.25, -0.2) is 4.79 Å². The Labute approximate surface area is 188 Å². The van der Waals surface area contributed by atoms with Gasteiger partial charge in [-0.2, -0.15) is 0 Å². The van der Waals surface area contributed by atoms with Gasteiger partial charge < -0.3 is 20.1 Å². The van der Waals surface area contributed by atoms with E-state index in [4.69, 9.17) is 9.84 Å². The standard InChI is InChI=1S/C12H9NO2S.C11H14O5/c14-12(15)10-5-1-2-6-11(10)13-8-9-4-3-7-16-9;12-8-3-7(9(13)14)11-4-5(16-10(11)15)1-2-6(8)11/h1-8H,(H,14,15);5-8,12H,1-4H2,(H,13,14)/b13-8-;. The molecule has 2 saturated carbocycles. The molecule has 1 saturated heterocycles. The number of aliphatic imine (C=N–C) groups is 1. The van der Waals surface area contributed by atoms with Crippen molar-refractivity contribution in [1.82, 2.24) is 0 Å². The summed E-state index contributed by atoms with van der Waals surface area (Å²) < 4.78 is 5.21. The third kappa shape index (κ3) is 3.93. The van der Waals surface area contributed by atoms with E-state index >= 15 is 0 Å². The number of hydrogen-bond donors (Lipinski definition) is 3. The first-order chi connectivity index (χ1) is 15.3. The molecule has 2 aromatic rings. The van der Waals surface area contributed by atoms with Gasteiger partial charge in [0.1, 0.15) is 6.10 Å². The van der Waals surface area contributed by atoms with Crippen LogP contribution in [-0.4, -0.2) is 51.7 Å². The SMILES string of the molecule is O=C(O)C1CC(O)C2CCC3CC12C(=O)O3.O=C(O)c1ccccc1/N=C\c1cccs1. The maximum Gasteiger partial charge on any atom is 0.337 e. The zero-order valence-electron chi connectivity index (χ0n) is 17.1. The van der Waals surface area contributed by atoms with Crippen molar-refractivity contribution in [2.75, 3.05) is 0 Å². The summed E-state index contributed by atoms with van der Waals surface area (Å²) in [5.41, 5.74) is -0.243. The quantitative estimate of drug-likeness (QED) is 0.473. The normalized spacial score (nSPS) is 30.3. The first-order valence-electron chi connectivity index (χ1n) is 10.3. The van der Waals surface area contributed by atoms with Crippen LogP contribution in [-0.2, 0) is 14.3 Å². The van der Waals surface area contributed by atoms with Crippen molar-refractivity contribution >= 4 is 41.1 Å². The van der Waals surface area contributed by atoms with Crippen LogP contribution in [0.1, 0.15) is 40.9 Å². The summed E-state index contributed by atoms with van der Waals surface area (Å²) in [7, 11) is 0. The number of carbonyl (C=O) groups excluding carboxylic acids is 1. The lowest BCUT2D eigenvalue weighted by atomic mass is 9.65. The number of aliphatic hydroxyl groups is 1. The van der Waals surface area contributed by atoms with E-state index in [2.05, 4.69) is 4.99 Å². The first-order valence-corrected chi connectivity index (χ1v) is 11.2. The van der Waals surface area contributed by atoms with Crippen LogP contribution in [0, 0.1) is 17.3 Å². The zero-order chi connectivity index (χ0) is 22.9. The van der Waals surface area contributed by atoms with Crippen LogP contribution in [0.4, 0.5) is 5.69 Å². The molecular formula is C23H23NO7S. The van der Waals surface area contributed by atoms with Gasteiger partial charge in [0, 0.05) is 23.4 Å². The van der Waals surface area contributed by atoms with E-state index in [-0.39, 0.29) is 24.0 Å². The van der Waals surface area contributed by atoms with E-state index in [9.17, 15) is 24.6 Å². The van der Waals surface area contributed by atoms with E-state index in [1.165, 1.54) is 0 Å². The van der Waals surface area contributed by atoms with Crippen molar-refractivity contribution in [2.45, 2.75) is 37.9 Å². The number of esters is 1. The topological polar surface area (TPSA) is 133 Å². The second-order valence-corrected chi connectivity index (χ2v) is 9.22. The number of benzene rings is 1. The van der Waals surface area contributed by atoms with Crippen molar-refractivity contribution in [1.29, 1.82) is 0 Å². The number of rotatable bonds is 4. The van der Waals surface area contributed by atoms with Crippen LogP contribution in [0.2, 0.25) is 0 Å². The maximum atomic E-state index is 11.9. The Morgan fingerprint density at radius 3 is 2.62 bits per heavy atom. The van der Waals surface area contributed by atoms with Crippen molar-refractivity contribution in [3.63, 3.8) is 0 Å². The Morgan fingerprint density at radius 2 is 1.94 bits per heavy atom. The van der Waals surface area contributed by atoms with E-state index in [0.717, 1.165) is 11.3 Å². The number of aromatic carboxylic acids is 1. The fourth-order valence-electron chi connectivity index (χ4n) is 5.13. The lowest BCUT2D eigenvalue weighted by molar-refractivity contribution is -0.158. The number of aliphatic hydroxyl groups excluding tert-OH is 1. The fourth-order valence-corrected chi connectivity index (χ4v) is 5.72. The molecule has 5 rings (SSSR count). The number of carboxylic acid groups (broad SMARTS) is 2. The fraction of sp³-hybridized carbons (Fsp3) is 0.391. The molecule has 1 aromatic carbocycles. The van der Waals surface area contributed by atoms with E-state index in [1.54, 1.807) is 41.8 Å². The van der Waals surface area contributed by atoms with Crippen LogP contribution in [0.3, 0.4) is 0 Å². The average molecular weight is 458 g/mol. The summed E-state index contributed by atoms with van der Waals surface area (Å²) in [5.74, 6) is -3.34. The molecule has 1 aromatic heterocycles. The summed E-state index contributed by atoms with van der Waals surface area (Å²) in [4.78, 5) is 39.2. The molecular weight excluding hydrogens is 434 g/mol. The number of nitrogens with zero attached hydrogens (tertiary/aromatic N) is 1. The van der Waals surface area contributed by atoms with E-state index in [1.807, 2.05) is 17.5 Å².